The monoisotopic (exact) mass is 365 g/mol. The molecule has 3 N–H and O–H groups in total. The number of amides is 2. The molecule has 136 valence electrons. The Morgan fingerprint density at radius 1 is 1.12 bits per heavy atom. The van der Waals surface area contributed by atoms with E-state index in [2.05, 4.69) is 20.7 Å². The summed E-state index contributed by atoms with van der Waals surface area (Å²) in [5.74, 6) is -1.15. The number of carbonyl (C=O) groups is 3. The Morgan fingerprint density at radius 2 is 1.76 bits per heavy atom. The quantitative estimate of drug-likeness (QED) is 0.545. The Morgan fingerprint density at radius 3 is 2.36 bits per heavy atom. The van der Waals surface area contributed by atoms with Crippen molar-refractivity contribution in [3.8, 4) is 0 Å². The summed E-state index contributed by atoms with van der Waals surface area (Å²) in [6, 6.07) is 6.83. The summed E-state index contributed by atoms with van der Waals surface area (Å²) in [6.45, 7) is 5.65. The summed E-state index contributed by atoms with van der Waals surface area (Å²) < 4.78 is 4.47. The van der Waals surface area contributed by atoms with Gasteiger partial charge >= 0.3 is 5.97 Å². The molecule has 7 nitrogen and oxygen atoms in total. The normalized spacial score (nSPS) is 10.6. The zero-order chi connectivity index (χ0) is 19.0. The molecule has 0 aliphatic carbocycles. The number of hydrogen-bond donors (Lipinski definition) is 3. The summed E-state index contributed by atoms with van der Waals surface area (Å²) >= 11 is 5.09. The van der Waals surface area contributed by atoms with E-state index in [0.29, 0.717) is 11.3 Å². The van der Waals surface area contributed by atoms with Gasteiger partial charge in [0.2, 0.25) is 5.91 Å². The van der Waals surface area contributed by atoms with Crippen molar-refractivity contribution in [3.05, 3.63) is 29.8 Å². The van der Waals surface area contributed by atoms with Gasteiger partial charge in [-0.1, -0.05) is 12.1 Å². The maximum atomic E-state index is 12.4. The Hall–Kier alpha value is -2.48. The van der Waals surface area contributed by atoms with Gasteiger partial charge in [0.1, 0.15) is 0 Å². The van der Waals surface area contributed by atoms with Crippen LogP contribution in [0.15, 0.2) is 24.3 Å². The van der Waals surface area contributed by atoms with E-state index >= 15 is 0 Å². The molecule has 0 aliphatic rings. The fraction of sp³-hybridized carbons (Fsp3) is 0.412. The SMILES string of the molecule is COC(=O)CCC(=O)NC(=S)Nc1ccccc1C(=O)NC(C)(C)C. The minimum atomic E-state index is -0.474. The first-order valence-corrected chi connectivity index (χ1v) is 8.12. The first-order chi connectivity index (χ1) is 11.6. The van der Waals surface area contributed by atoms with Gasteiger partial charge in [0.25, 0.3) is 5.91 Å². The molecule has 0 spiro atoms. The number of para-hydroxylation sites is 1. The van der Waals surface area contributed by atoms with Crippen LogP contribution in [0, 0.1) is 0 Å². The van der Waals surface area contributed by atoms with Gasteiger partial charge in [-0.05, 0) is 45.1 Å². The van der Waals surface area contributed by atoms with Crippen molar-refractivity contribution < 1.29 is 19.1 Å². The number of benzene rings is 1. The molecule has 0 bridgehead atoms. The van der Waals surface area contributed by atoms with E-state index in [1.54, 1.807) is 24.3 Å². The van der Waals surface area contributed by atoms with Crippen LogP contribution in [0.2, 0.25) is 0 Å². The molecular formula is C17H23N3O4S. The minimum Gasteiger partial charge on any atom is -0.469 e. The van der Waals surface area contributed by atoms with Crippen molar-refractivity contribution in [3.63, 3.8) is 0 Å². The van der Waals surface area contributed by atoms with Crippen molar-refractivity contribution in [2.24, 2.45) is 0 Å². The smallest absolute Gasteiger partial charge is 0.306 e. The van der Waals surface area contributed by atoms with Crippen LogP contribution >= 0.6 is 12.2 Å². The van der Waals surface area contributed by atoms with Gasteiger partial charge in [0.05, 0.1) is 24.8 Å². The van der Waals surface area contributed by atoms with Crippen LogP contribution in [0.5, 0.6) is 0 Å². The number of rotatable bonds is 5. The number of esters is 1. The first kappa shape index (κ1) is 20.6. The van der Waals surface area contributed by atoms with Crippen molar-refractivity contribution in [2.75, 3.05) is 12.4 Å². The van der Waals surface area contributed by atoms with Gasteiger partial charge in [-0.2, -0.15) is 0 Å². The number of methoxy groups -OCH3 is 1. The molecule has 0 fully saturated rings. The number of ether oxygens (including phenoxy) is 1. The molecule has 0 atom stereocenters. The fourth-order valence-corrected chi connectivity index (χ4v) is 2.08. The van der Waals surface area contributed by atoms with Crippen LogP contribution < -0.4 is 16.0 Å². The molecule has 1 aromatic carbocycles. The third-order valence-corrected chi connectivity index (χ3v) is 3.15. The molecule has 0 radical (unpaired) electrons. The van der Waals surface area contributed by atoms with E-state index in [1.807, 2.05) is 20.8 Å². The molecule has 0 heterocycles. The molecule has 0 unspecified atom stereocenters. The standard InChI is InChI=1S/C17H23N3O4S/c1-17(2,3)20-15(23)11-7-5-6-8-12(11)18-16(25)19-13(21)9-10-14(22)24-4/h5-8H,9-10H2,1-4H3,(H,20,23)(H2,18,19,21,25). The van der Waals surface area contributed by atoms with E-state index < -0.39 is 11.9 Å². The summed E-state index contributed by atoms with van der Waals surface area (Å²) in [6.07, 6.45) is -0.0732. The second-order valence-corrected chi connectivity index (χ2v) is 6.74. The molecule has 1 rings (SSSR count). The van der Waals surface area contributed by atoms with Crippen molar-refractivity contribution in [2.45, 2.75) is 39.2 Å². The lowest BCUT2D eigenvalue weighted by atomic mass is 10.1. The van der Waals surface area contributed by atoms with Crippen LogP contribution in [0.25, 0.3) is 0 Å². The van der Waals surface area contributed by atoms with Crippen LogP contribution in [-0.4, -0.2) is 35.5 Å². The number of thiocarbonyl (C=S) groups is 1. The topological polar surface area (TPSA) is 96.5 Å². The van der Waals surface area contributed by atoms with Gasteiger partial charge < -0.3 is 20.7 Å². The summed E-state index contributed by atoms with van der Waals surface area (Å²) in [5.41, 5.74) is 0.499. The largest absolute Gasteiger partial charge is 0.469 e. The maximum absolute atomic E-state index is 12.4. The first-order valence-electron chi connectivity index (χ1n) is 7.71. The number of carbonyl (C=O) groups excluding carboxylic acids is 3. The molecule has 2 amide bonds. The molecule has 0 aromatic heterocycles. The third-order valence-electron chi connectivity index (χ3n) is 2.95. The minimum absolute atomic E-state index is 0.0322. The Labute approximate surface area is 152 Å². The fourth-order valence-electron chi connectivity index (χ4n) is 1.86. The molecule has 8 heteroatoms. The third kappa shape index (κ3) is 7.75. The highest BCUT2D eigenvalue weighted by Gasteiger charge is 2.18. The number of nitrogens with one attached hydrogen (secondary N) is 3. The zero-order valence-electron chi connectivity index (χ0n) is 14.8. The van der Waals surface area contributed by atoms with E-state index in [1.165, 1.54) is 7.11 Å². The predicted molar refractivity (Wildman–Crippen MR) is 99.3 cm³/mol. The lowest BCUT2D eigenvalue weighted by Crippen LogP contribution is -2.41. The average Bonchev–Trinajstić information content (AvgIpc) is 2.51. The number of hydrogen-bond acceptors (Lipinski definition) is 5. The number of anilines is 1. The second-order valence-electron chi connectivity index (χ2n) is 6.33. The Balaban J connectivity index is 2.70. The van der Waals surface area contributed by atoms with Gasteiger partial charge in [0, 0.05) is 12.0 Å². The predicted octanol–water partition coefficient (Wildman–Crippen LogP) is 1.98. The highest BCUT2D eigenvalue weighted by Crippen LogP contribution is 2.16. The van der Waals surface area contributed by atoms with Gasteiger partial charge in [0.15, 0.2) is 5.11 Å². The van der Waals surface area contributed by atoms with Gasteiger partial charge in [-0.3, -0.25) is 14.4 Å². The molecule has 0 aliphatic heterocycles. The maximum Gasteiger partial charge on any atom is 0.306 e. The molecule has 0 saturated carbocycles. The molecular weight excluding hydrogens is 342 g/mol. The van der Waals surface area contributed by atoms with Crippen molar-refractivity contribution in [1.29, 1.82) is 0 Å². The van der Waals surface area contributed by atoms with Crippen molar-refractivity contribution in [1.82, 2.24) is 10.6 Å². The lowest BCUT2D eigenvalue weighted by molar-refractivity contribution is -0.142. The van der Waals surface area contributed by atoms with Crippen LogP contribution in [0.1, 0.15) is 44.0 Å². The van der Waals surface area contributed by atoms with E-state index in [9.17, 15) is 14.4 Å². The Kier molecular flexibility index (Phi) is 7.50. The molecule has 25 heavy (non-hydrogen) atoms. The summed E-state index contributed by atoms with van der Waals surface area (Å²) in [7, 11) is 1.26. The summed E-state index contributed by atoms with van der Waals surface area (Å²) in [4.78, 5) is 35.1. The second kappa shape index (κ2) is 9.12. The lowest BCUT2D eigenvalue weighted by Gasteiger charge is -2.21. The van der Waals surface area contributed by atoms with Gasteiger partial charge in [-0.15, -0.1) is 0 Å². The highest BCUT2D eigenvalue weighted by molar-refractivity contribution is 7.80. The zero-order valence-corrected chi connectivity index (χ0v) is 15.6. The van der Waals surface area contributed by atoms with Crippen LogP contribution in [0.3, 0.4) is 0 Å². The van der Waals surface area contributed by atoms with Crippen molar-refractivity contribution >= 4 is 40.8 Å². The van der Waals surface area contributed by atoms with E-state index in [0.717, 1.165) is 0 Å². The Bertz CT molecular complexity index is 668. The van der Waals surface area contributed by atoms with Crippen LogP contribution in [-0.2, 0) is 14.3 Å². The summed E-state index contributed by atoms with van der Waals surface area (Å²) in [5, 5.41) is 8.21. The average molecular weight is 365 g/mol. The van der Waals surface area contributed by atoms with Gasteiger partial charge in [-0.25, -0.2) is 0 Å². The highest BCUT2D eigenvalue weighted by atomic mass is 32.1. The molecule has 0 saturated heterocycles. The van der Waals surface area contributed by atoms with E-state index in [4.69, 9.17) is 12.2 Å². The van der Waals surface area contributed by atoms with Crippen LogP contribution in [0.4, 0.5) is 5.69 Å². The molecule has 1 aromatic rings. The van der Waals surface area contributed by atoms with E-state index in [-0.39, 0.29) is 29.4 Å².